The molecule has 0 aromatic carbocycles. The monoisotopic (exact) mass is 225 g/mol. The highest BCUT2D eigenvalue weighted by molar-refractivity contribution is 7.09. The summed E-state index contributed by atoms with van der Waals surface area (Å²) in [5.41, 5.74) is 0. The minimum Gasteiger partial charge on any atom is -0.348 e. The summed E-state index contributed by atoms with van der Waals surface area (Å²) in [5.74, 6) is 0.102. The molecule has 2 heterocycles. The lowest BCUT2D eigenvalue weighted by Crippen LogP contribution is -2.46. The first-order valence-electron chi connectivity index (χ1n) is 5.26. The third-order valence-electron chi connectivity index (χ3n) is 2.52. The summed E-state index contributed by atoms with van der Waals surface area (Å²) in [6.07, 6.45) is 5.02. The van der Waals surface area contributed by atoms with E-state index in [9.17, 15) is 4.79 Å². The number of rotatable bonds is 3. The zero-order valence-corrected chi connectivity index (χ0v) is 9.35. The van der Waals surface area contributed by atoms with Crippen LogP contribution in [-0.4, -0.2) is 23.5 Å². The lowest BCUT2D eigenvalue weighted by Gasteiger charge is -2.22. The topological polar surface area (TPSA) is 54.0 Å². The number of piperidine rings is 1. The molecule has 5 heteroatoms. The Balaban J connectivity index is 1.76. The Morgan fingerprint density at radius 2 is 2.60 bits per heavy atom. The van der Waals surface area contributed by atoms with E-state index >= 15 is 0 Å². The van der Waals surface area contributed by atoms with Gasteiger partial charge in [0.25, 0.3) is 0 Å². The quantitative estimate of drug-likeness (QED) is 0.803. The molecule has 1 fully saturated rings. The second-order valence-electron chi connectivity index (χ2n) is 3.65. The van der Waals surface area contributed by atoms with E-state index in [1.807, 2.05) is 5.38 Å². The number of aromatic nitrogens is 1. The Bertz CT molecular complexity index is 306. The molecule has 0 spiro atoms. The first-order chi connectivity index (χ1) is 7.36. The van der Waals surface area contributed by atoms with Crippen molar-refractivity contribution in [2.45, 2.75) is 31.8 Å². The third kappa shape index (κ3) is 3.00. The number of nitrogens with one attached hydrogen (secondary N) is 2. The van der Waals surface area contributed by atoms with Crippen molar-refractivity contribution in [3.8, 4) is 0 Å². The highest BCUT2D eigenvalue weighted by Gasteiger charge is 2.19. The van der Waals surface area contributed by atoms with Gasteiger partial charge >= 0.3 is 0 Å². The van der Waals surface area contributed by atoms with Gasteiger partial charge in [0.2, 0.25) is 5.91 Å². The first kappa shape index (κ1) is 10.6. The van der Waals surface area contributed by atoms with E-state index in [1.165, 1.54) is 6.42 Å². The molecular weight excluding hydrogens is 210 g/mol. The van der Waals surface area contributed by atoms with Crippen molar-refractivity contribution < 1.29 is 4.79 Å². The highest BCUT2D eigenvalue weighted by Crippen LogP contribution is 2.08. The molecule has 0 saturated carbocycles. The van der Waals surface area contributed by atoms with E-state index < -0.39 is 0 Å². The van der Waals surface area contributed by atoms with Crippen LogP contribution in [0.5, 0.6) is 0 Å². The Labute approximate surface area is 93.1 Å². The van der Waals surface area contributed by atoms with Gasteiger partial charge in [-0.25, -0.2) is 4.98 Å². The predicted molar refractivity (Wildman–Crippen MR) is 59.6 cm³/mol. The fraction of sp³-hybridized carbons (Fsp3) is 0.600. The van der Waals surface area contributed by atoms with Crippen LogP contribution in [-0.2, 0) is 11.3 Å². The van der Waals surface area contributed by atoms with Gasteiger partial charge in [0, 0.05) is 11.6 Å². The van der Waals surface area contributed by atoms with E-state index in [0.29, 0.717) is 6.54 Å². The van der Waals surface area contributed by atoms with Crippen molar-refractivity contribution in [3.05, 3.63) is 16.6 Å². The molecule has 1 aliphatic rings. The molecule has 2 rings (SSSR count). The summed E-state index contributed by atoms with van der Waals surface area (Å²) in [6, 6.07) is -0.00119. The molecule has 15 heavy (non-hydrogen) atoms. The zero-order chi connectivity index (χ0) is 10.5. The maximum atomic E-state index is 11.7. The molecule has 0 unspecified atom stereocenters. The standard InChI is InChI=1S/C10H15N3OS/c14-10(8-3-1-2-4-11-8)13-7-9-12-5-6-15-9/h5-6,8,11H,1-4,7H2,(H,13,14)/t8-/m1/s1. The number of nitrogens with zero attached hydrogens (tertiary/aromatic N) is 1. The maximum Gasteiger partial charge on any atom is 0.237 e. The van der Waals surface area contributed by atoms with E-state index in [4.69, 9.17) is 0 Å². The third-order valence-corrected chi connectivity index (χ3v) is 3.30. The molecule has 1 amide bonds. The van der Waals surface area contributed by atoms with Crippen LogP contribution in [0.4, 0.5) is 0 Å². The van der Waals surface area contributed by atoms with E-state index in [0.717, 1.165) is 24.4 Å². The summed E-state index contributed by atoms with van der Waals surface area (Å²) in [6.45, 7) is 1.50. The van der Waals surface area contributed by atoms with Crippen molar-refractivity contribution in [1.29, 1.82) is 0 Å². The van der Waals surface area contributed by atoms with Gasteiger partial charge in [-0.1, -0.05) is 6.42 Å². The van der Waals surface area contributed by atoms with Crippen LogP contribution in [0.3, 0.4) is 0 Å². The van der Waals surface area contributed by atoms with E-state index in [1.54, 1.807) is 17.5 Å². The molecule has 1 atom stereocenters. The zero-order valence-electron chi connectivity index (χ0n) is 8.53. The summed E-state index contributed by atoms with van der Waals surface area (Å²) in [5, 5.41) is 9.00. The van der Waals surface area contributed by atoms with Gasteiger partial charge < -0.3 is 10.6 Å². The molecule has 4 nitrogen and oxygen atoms in total. The van der Waals surface area contributed by atoms with Gasteiger partial charge in [-0.3, -0.25) is 4.79 Å². The van der Waals surface area contributed by atoms with Crippen LogP contribution in [0.1, 0.15) is 24.3 Å². The number of hydrogen-bond donors (Lipinski definition) is 2. The van der Waals surface area contributed by atoms with Gasteiger partial charge in [0.1, 0.15) is 5.01 Å². The van der Waals surface area contributed by atoms with Gasteiger partial charge in [-0.2, -0.15) is 0 Å². The van der Waals surface area contributed by atoms with Crippen molar-refractivity contribution in [2.75, 3.05) is 6.54 Å². The van der Waals surface area contributed by atoms with Gasteiger partial charge in [0.15, 0.2) is 0 Å². The minimum absolute atomic E-state index is 0.00119. The number of amides is 1. The molecule has 1 saturated heterocycles. The average Bonchev–Trinajstić information content (AvgIpc) is 2.80. The van der Waals surface area contributed by atoms with Crippen molar-refractivity contribution in [3.63, 3.8) is 0 Å². The molecule has 0 aliphatic carbocycles. The van der Waals surface area contributed by atoms with Gasteiger partial charge in [-0.05, 0) is 19.4 Å². The molecule has 1 aromatic rings. The van der Waals surface area contributed by atoms with Crippen molar-refractivity contribution in [2.24, 2.45) is 0 Å². The second-order valence-corrected chi connectivity index (χ2v) is 4.63. The van der Waals surface area contributed by atoms with Crippen molar-refractivity contribution >= 4 is 17.2 Å². The smallest absolute Gasteiger partial charge is 0.237 e. The summed E-state index contributed by atoms with van der Waals surface area (Å²) >= 11 is 1.57. The summed E-state index contributed by atoms with van der Waals surface area (Å²) < 4.78 is 0. The van der Waals surface area contributed by atoms with Gasteiger partial charge in [0.05, 0.1) is 12.6 Å². The molecule has 0 bridgehead atoms. The number of thiazole rings is 1. The largest absolute Gasteiger partial charge is 0.348 e. The van der Waals surface area contributed by atoms with Crippen LogP contribution < -0.4 is 10.6 Å². The molecule has 2 N–H and O–H groups in total. The Morgan fingerprint density at radius 1 is 1.67 bits per heavy atom. The number of hydrogen-bond acceptors (Lipinski definition) is 4. The summed E-state index contributed by atoms with van der Waals surface area (Å²) in [4.78, 5) is 15.8. The normalized spacial score (nSPS) is 21.2. The van der Waals surface area contributed by atoms with Crippen LogP contribution in [0.15, 0.2) is 11.6 Å². The van der Waals surface area contributed by atoms with Crippen LogP contribution >= 0.6 is 11.3 Å². The summed E-state index contributed by atoms with van der Waals surface area (Å²) in [7, 11) is 0. The Hall–Kier alpha value is -0.940. The SMILES string of the molecule is O=C(NCc1nccs1)[C@H]1CCCCN1. The number of carbonyl (C=O) groups is 1. The lowest BCUT2D eigenvalue weighted by atomic mass is 10.0. The number of carbonyl (C=O) groups excluding carboxylic acids is 1. The lowest BCUT2D eigenvalue weighted by molar-refractivity contribution is -0.123. The van der Waals surface area contributed by atoms with Crippen LogP contribution in [0, 0.1) is 0 Å². The minimum atomic E-state index is -0.00119. The Kier molecular flexibility index (Phi) is 3.69. The average molecular weight is 225 g/mol. The second kappa shape index (κ2) is 5.23. The van der Waals surface area contributed by atoms with E-state index in [2.05, 4.69) is 15.6 Å². The van der Waals surface area contributed by atoms with Gasteiger partial charge in [-0.15, -0.1) is 11.3 Å². The predicted octanol–water partition coefficient (Wildman–Crippen LogP) is 0.901. The van der Waals surface area contributed by atoms with Crippen molar-refractivity contribution in [1.82, 2.24) is 15.6 Å². The highest BCUT2D eigenvalue weighted by atomic mass is 32.1. The fourth-order valence-electron chi connectivity index (χ4n) is 1.70. The molecule has 1 aliphatic heterocycles. The van der Waals surface area contributed by atoms with Crippen LogP contribution in [0.2, 0.25) is 0 Å². The van der Waals surface area contributed by atoms with Crippen LogP contribution in [0.25, 0.3) is 0 Å². The fourth-order valence-corrected chi connectivity index (χ4v) is 2.26. The molecule has 82 valence electrons. The maximum absolute atomic E-state index is 11.7. The Morgan fingerprint density at radius 3 is 3.27 bits per heavy atom. The molecule has 0 radical (unpaired) electrons. The first-order valence-corrected chi connectivity index (χ1v) is 6.14. The molecular formula is C10H15N3OS. The molecule has 1 aromatic heterocycles. The van der Waals surface area contributed by atoms with E-state index in [-0.39, 0.29) is 11.9 Å².